The van der Waals surface area contributed by atoms with Crippen LogP contribution in [0, 0.1) is 0 Å². The van der Waals surface area contributed by atoms with Crippen molar-refractivity contribution in [2.45, 2.75) is 18.4 Å². The number of hydrogen-bond donors (Lipinski definition) is 2. The molecule has 2 N–H and O–H groups in total. The molecule has 0 radical (unpaired) electrons. The zero-order valence-corrected chi connectivity index (χ0v) is 12.9. The second-order valence-electron chi connectivity index (χ2n) is 2.44. The van der Waals surface area contributed by atoms with Crippen molar-refractivity contribution in [1.29, 1.82) is 0 Å². The molecule has 0 saturated heterocycles. The van der Waals surface area contributed by atoms with Crippen LogP contribution in [-0.4, -0.2) is 33.7 Å². The van der Waals surface area contributed by atoms with Crippen LogP contribution < -0.4 is 61.6 Å². The van der Waals surface area contributed by atoms with Gasteiger partial charge in [0.25, 0.3) is 0 Å². The zero-order chi connectivity index (χ0) is 10.6. The first-order valence-corrected chi connectivity index (χ1v) is 3.13. The van der Waals surface area contributed by atoms with Crippen LogP contribution in [0.5, 0.6) is 0 Å². The monoisotopic (exact) mass is 426 g/mol. The van der Waals surface area contributed by atoms with Gasteiger partial charge in [0.2, 0.25) is 0 Å². The molecule has 1 atom stereocenters. The van der Waals surface area contributed by atoms with E-state index in [9.17, 15) is 24.6 Å². The quantitative estimate of drug-likeness (QED) is 0.417. The van der Waals surface area contributed by atoms with Crippen LogP contribution in [0.2, 0.25) is 0 Å². The third-order valence-corrected chi connectivity index (χ3v) is 1.26. The fourth-order valence-electron chi connectivity index (χ4n) is 0.696. The van der Waals surface area contributed by atoms with Crippen molar-refractivity contribution in [3.63, 3.8) is 0 Å². The smallest absolute Gasteiger partial charge is 0.550 e. The van der Waals surface area contributed by atoms with Gasteiger partial charge in [0.15, 0.2) is 0 Å². The molecule has 0 heterocycles. The summed E-state index contributed by atoms with van der Waals surface area (Å²) in [6.45, 7) is 0. The van der Waals surface area contributed by atoms with Gasteiger partial charge in [-0.05, 0) is 0 Å². The first-order chi connectivity index (χ1) is 5.78. The van der Waals surface area contributed by atoms with Gasteiger partial charge in [0, 0.05) is 12.4 Å². The number of carboxylic acid groups (broad SMARTS) is 3. The molecule has 7 nitrogen and oxygen atoms in total. The molecule has 0 aliphatic rings. The Morgan fingerprint density at radius 1 is 1.13 bits per heavy atom. The van der Waals surface area contributed by atoms with E-state index in [1.165, 1.54) is 0 Å². The maximum atomic E-state index is 10.2. The molecule has 0 aromatic rings. The Balaban J connectivity index is -0.000000720. The van der Waals surface area contributed by atoms with Crippen LogP contribution in [0.3, 0.4) is 0 Å². The molecule has 1 unspecified atom stereocenters. The standard InChI is InChI=1S/C6H8O7.Au.K/c7-3(8)1-6(13,5(11)12)2-4(9)10;;/h13H,1-2H2,(H,7,8)(H,9,10)(H,11,12);;/q;2*+1/p-2. The minimum Gasteiger partial charge on any atom is -0.550 e. The van der Waals surface area contributed by atoms with E-state index in [1.54, 1.807) is 0 Å². The van der Waals surface area contributed by atoms with Gasteiger partial charge in [-0.15, -0.1) is 0 Å². The Hall–Kier alpha value is 0.747. The number of hydrogen-bond acceptors (Lipinski definition) is 6. The fourth-order valence-corrected chi connectivity index (χ4v) is 0.696. The summed E-state index contributed by atoms with van der Waals surface area (Å²) in [6, 6.07) is 0. The van der Waals surface area contributed by atoms with Crippen molar-refractivity contribution in [3.8, 4) is 0 Å². The molecule has 9 heteroatoms. The molecule has 0 rings (SSSR count). The van der Waals surface area contributed by atoms with E-state index >= 15 is 0 Å². The molecule has 15 heavy (non-hydrogen) atoms. The summed E-state index contributed by atoms with van der Waals surface area (Å²) in [5.74, 6) is -5.67. The van der Waals surface area contributed by atoms with E-state index in [4.69, 9.17) is 10.2 Å². The maximum Gasteiger partial charge on any atom is 1.00 e. The van der Waals surface area contributed by atoms with Gasteiger partial charge in [-0.2, -0.15) is 0 Å². The van der Waals surface area contributed by atoms with Gasteiger partial charge in [0.1, 0.15) is 5.60 Å². The van der Waals surface area contributed by atoms with E-state index in [0.29, 0.717) is 0 Å². The van der Waals surface area contributed by atoms with E-state index < -0.39 is 36.4 Å². The Labute approximate surface area is 143 Å². The van der Waals surface area contributed by atoms with Crippen LogP contribution in [0.1, 0.15) is 12.8 Å². The van der Waals surface area contributed by atoms with Crippen molar-refractivity contribution in [3.05, 3.63) is 0 Å². The largest absolute Gasteiger partial charge is 1.00 e. The van der Waals surface area contributed by atoms with E-state index in [0.717, 1.165) is 0 Å². The average Bonchev–Trinajstić information content (AvgIpc) is 1.82. The molecular formula is C6H6AuKO7. The first kappa shape index (κ1) is 21.1. The van der Waals surface area contributed by atoms with E-state index in [-0.39, 0.29) is 73.8 Å². The number of carbonyl (C=O) groups is 3. The molecule has 0 aliphatic carbocycles. The molecular weight excluding hydrogens is 420 g/mol. The molecule has 0 aromatic heterocycles. The van der Waals surface area contributed by atoms with Crippen molar-refractivity contribution >= 4 is 17.9 Å². The Kier molecular flexibility index (Phi) is 12.4. The second-order valence-corrected chi connectivity index (χ2v) is 2.44. The summed E-state index contributed by atoms with van der Waals surface area (Å²) in [7, 11) is 0. The summed E-state index contributed by atoms with van der Waals surface area (Å²) < 4.78 is 0. The van der Waals surface area contributed by atoms with Crippen molar-refractivity contribution in [2.75, 3.05) is 0 Å². The maximum absolute atomic E-state index is 10.2. The topological polar surface area (TPSA) is 138 Å². The van der Waals surface area contributed by atoms with E-state index in [1.807, 2.05) is 0 Å². The average molecular weight is 426 g/mol. The molecule has 0 bridgehead atoms. The molecule has 84 valence electrons. The van der Waals surface area contributed by atoms with Crippen molar-refractivity contribution in [2.24, 2.45) is 0 Å². The summed E-state index contributed by atoms with van der Waals surface area (Å²) in [4.78, 5) is 30.2. The minimum atomic E-state index is -2.91. The molecule has 0 saturated carbocycles. The number of aliphatic carboxylic acids is 3. The summed E-state index contributed by atoms with van der Waals surface area (Å²) in [5, 5.41) is 37.2. The van der Waals surface area contributed by atoms with Gasteiger partial charge < -0.3 is 30.0 Å². The number of aliphatic hydroxyl groups is 1. The Morgan fingerprint density at radius 2 is 1.53 bits per heavy atom. The van der Waals surface area contributed by atoms with Crippen molar-refractivity contribution in [1.82, 2.24) is 0 Å². The molecule has 0 amide bonds. The van der Waals surface area contributed by atoms with Gasteiger partial charge in [0.05, 0.1) is 12.4 Å². The summed E-state index contributed by atoms with van der Waals surface area (Å²) in [5.41, 5.74) is -2.91. The molecule has 0 aliphatic heterocycles. The van der Waals surface area contributed by atoms with Crippen LogP contribution in [0.25, 0.3) is 0 Å². The summed E-state index contributed by atoms with van der Waals surface area (Å²) >= 11 is 0. The Bertz CT molecular complexity index is 238. The first-order valence-electron chi connectivity index (χ1n) is 3.13. The van der Waals surface area contributed by atoms with Crippen molar-refractivity contribution < 1.29 is 109 Å². The van der Waals surface area contributed by atoms with Crippen LogP contribution in [0.4, 0.5) is 0 Å². The molecule has 0 spiro atoms. The SMILES string of the molecule is O=C([O-])CC(O)(CC(=O)O)C(=O)[O-].[Au+].[K+]. The number of carboxylic acids is 3. The van der Waals surface area contributed by atoms with E-state index in [2.05, 4.69) is 0 Å². The molecule has 0 aromatic carbocycles. The predicted molar refractivity (Wildman–Crippen MR) is 31.8 cm³/mol. The normalized spacial score (nSPS) is 12.6. The van der Waals surface area contributed by atoms with Gasteiger partial charge in [-0.25, -0.2) is 0 Å². The zero-order valence-electron chi connectivity index (χ0n) is 7.65. The Morgan fingerprint density at radius 3 is 1.73 bits per heavy atom. The predicted octanol–water partition coefficient (Wildman–Crippen LogP) is -6.92. The number of rotatable bonds is 5. The second kappa shape index (κ2) is 8.85. The fraction of sp³-hybridized carbons (Fsp3) is 0.500. The van der Waals surface area contributed by atoms with Crippen LogP contribution >= 0.6 is 0 Å². The number of carbonyl (C=O) groups excluding carboxylic acids is 2. The molecule has 0 fully saturated rings. The van der Waals surface area contributed by atoms with Gasteiger partial charge in [-0.1, -0.05) is 0 Å². The third-order valence-electron chi connectivity index (χ3n) is 1.26. The third kappa shape index (κ3) is 8.54. The minimum absolute atomic E-state index is 0. The van der Waals surface area contributed by atoms with Crippen LogP contribution in [0.15, 0.2) is 0 Å². The van der Waals surface area contributed by atoms with Crippen LogP contribution in [-0.2, 0) is 36.8 Å². The summed E-state index contributed by atoms with van der Waals surface area (Å²) in [6.07, 6.45) is -2.56. The van der Waals surface area contributed by atoms with Gasteiger partial charge >= 0.3 is 79.7 Å². The van der Waals surface area contributed by atoms with Gasteiger partial charge in [-0.3, -0.25) is 4.79 Å².